The van der Waals surface area contributed by atoms with Crippen LogP contribution in [-0.2, 0) is 27.4 Å². The molecule has 1 aromatic carbocycles. The summed E-state index contributed by atoms with van der Waals surface area (Å²) in [6.07, 6.45) is -0.714. The van der Waals surface area contributed by atoms with E-state index in [0.29, 0.717) is 18.9 Å². The largest absolute Gasteiger partial charge is 0.489 e. The summed E-state index contributed by atoms with van der Waals surface area (Å²) < 4.78 is 15.9. The van der Waals surface area contributed by atoms with Gasteiger partial charge in [-0.15, -0.1) is 0 Å². The second-order valence-electron chi connectivity index (χ2n) is 5.94. The number of amides is 1. The van der Waals surface area contributed by atoms with Gasteiger partial charge in [-0.05, 0) is 45.4 Å². The van der Waals surface area contributed by atoms with E-state index in [0.717, 1.165) is 22.6 Å². The van der Waals surface area contributed by atoms with Crippen molar-refractivity contribution < 1.29 is 23.6 Å². The Morgan fingerprint density at radius 2 is 1.92 bits per heavy atom. The van der Waals surface area contributed by atoms with Crippen LogP contribution >= 0.6 is 0 Å². The lowest BCUT2D eigenvalue weighted by Gasteiger charge is -2.12. The zero-order chi connectivity index (χ0) is 19.1. The van der Waals surface area contributed by atoms with Crippen molar-refractivity contribution in [1.29, 1.82) is 0 Å². The van der Waals surface area contributed by atoms with E-state index in [9.17, 15) is 9.59 Å². The van der Waals surface area contributed by atoms with Gasteiger partial charge in [0.05, 0.1) is 17.7 Å². The molecule has 7 nitrogen and oxygen atoms in total. The molecule has 140 valence electrons. The average molecular weight is 360 g/mol. The van der Waals surface area contributed by atoms with Gasteiger partial charge in [-0.25, -0.2) is 0 Å². The minimum absolute atomic E-state index is 0.0912. The molecular weight excluding hydrogens is 336 g/mol. The van der Waals surface area contributed by atoms with Crippen LogP contribution in [0.2, 0.25) is 0 Å². The van der Waals surface area contributed by atoms with Crippen LogP contribution in [0.25, 0.3) is 0 Å². The summed E-state index contributed by atoms with van der Waals surface area (Å²) in [5.41, 5.74) is 2.52. The van der Waals surface area contributed by atoms with Gasteiger partial charge >= 0.3 is 5.97 Å². The molecule has 1 N–H and O–H groups in total. The normalized spacial score (nSPS) is 11.7. The lowest BCUT2D eigenvalue weighted by molar-refractivity contribution is -0.154. The number of carbonyl (C=O) groups excluding carboxylic acids is 2. The highest BCUT2D eigenvalue weighted by atomic mass is 16.5. The van der Waals surface area contributed by atoms with Gasteiger partial charge in [-0.3, -0.25) is 9.59 Å². The van der Waals surface area contributed by atoms with E-state index in [-0.39, 0.29) is 12.3 Å². The number of ether oxygens (including phenoxy) is 2. The minimum Gasteiger partial charge on any atom is -0.489 e. The van der Waals surface area contributed by atoms with Gasteiger partial charge in [0.1, 0.15) is 18.1 Å². The van der Waals surface area contributed by atoms with Gasteiger partial charge in [-0.1, -0.05) is 17.3 Å². The van der Waals surface area contributed by atoms with Crippen LogP contribution in [0.3, 0.4) is 0 Å². The van der Waals surface area contributed by atoms with E-state index in [2.05, 4.69) is 10.5 Å². The molecule has 0 spiro atoms. The van der Waals surface area contributed by atoms with E-state index in [1.165, 1.54) is 0 Å². The lowest BCUT2D eigenvalue weighted by atomic mass is 10.1. The molecule has 0 aliphatic heterocycles. The first kappa shape index (κ1) is 19.5. The van der Waals surface area contributed by atoms with Gasteiger partial charge in [0.15, 0.2) is 6.10 Å². The maximum absolute atomic E-state index is 11.9. The standard InChI is InChI=1S/C19H24N2O5/c1-5-20-19(23)14(4)25-18(22)10-15-6-8-16(9-7-15)24-11-17-12(2)21-26-13(17)3/h6-9,14H,5,10-11H2,1-4H3,(H,20,23)/t14-/m1/s1. The molecule has 0 fully saturated rings. The third-order valence-electron chi connectivity index (χ3n) is 3.86. The van der Waals surface area contributed by atoms with Crippen molar-refractivity contribution in [2.75, 3.05) is 6.54 Å². The van der Waals surface area contributed by atoms with Crippen molar-refractivity contribution in [3.05, 3.63) is 46.8 Å². The summed E-state index contributed by atoms with van der Waals surface area (Å²) >= 11 is 0. The highest BCUT2D eigenvalue weighted by Gasteiger charge is 2.17. The number of likely N-dealkylation sites (N-methyl/N-ethyl adjacent to an activating group) is 1. The molecule has 2 rings (SSSR count). The molecule has 0 saturated carbocycles. The molecule has 0 aliphatic rings. The number of nitrogens with zero attached hydrogens (tertiary/aromatic N) is 1. The summed E-state index contributed by atoms with van der Waals surface area (Å²) in [5.74, 6) is 0.665. The smallest absolute Gasteiger partial charge is 0.311 e. The highest BCUT2D eigenvalue weighted by molar-refractivity contribution is 5.83. The van der Waals surface area contributed by atoms with Crippen molar-refractivity contribution in [3.8, 4) is 5.75 Å². The predicted octanol–water partition coefficient (Wildman–Crippen LogP) is 2.48. The van der Waals surface area contributed by atoms with Gasteiger partial charge in [0.25, 0.3) is 5.91 Å². The van der Waals surface area contributed by atoms with Crippen molar-refractivity contribution in [2.45, 2.75) is 46.8 Å². The van der Waals surface area contributed by atoms with E-state index < -0.39 is 12.1 Å². The van der Waals surface area contributed by atoms with Crippen molar-refractivity contribution in [3.63, 3.8) is 0 Å². The second-order valence-corrected chi connectivity index (χ2v) is 5.94. The Hall–Kier alpha value is -2.83. The average Bonchev–Trinajstić information content (AvgIpc) is 2.92. The Morgan fingerprint density at radius 3 is 2.50 bits per heavy atom. The van der Waals surface area contributed by atoms with Crippen molar-refractivity contribution in [1.82, 2.24) is 10.5 Å². The molecule has 1 heterocycles. The van der Waals surface area contributed by atoms with Crippen LogP contribution in [0.1, 0.15) is 36.4 Å². The Morgan fingerprint density at radius 1 is 1.23 bits per heavy atom. The van der Waals surface area contributed by atoms with Crippen LogP contribution < -0.4 is 10.1 Å². The topological polar surface area (TPSA) is 90.7 Å². The monoisotopic (exact) mass is 360 g/mol. The number of esters is 1. The Kier molecular flexibility index (Phi) is 6.77. The Bertz CT molecular complexity index is 732. The van der Waals surface area contributed by atoms with Gasteiger partial charge in [0.2, 0.25) is 0 Å². The van der Waals surface area contributed by atoms with Crippen LogP contribution in [0.4, 0.5) is 0 Å². The number of hydrogen-bond acceptors (Lipinski definition) is 6. The Labute approximate surface area is 152 Å². The van der Waals surface area contributed by atoms with E-state index in [1.807, 2.05) is 20.8 Å². The highest BCUT2D eigenvalue weighted by Crippen LogP contribution is 2.18. The van der Waals surface area contributed by atoms with Gasteiger partial charge in [0, 0.05) is 6.54 Å². The fourth-order valence-corrected chi connectivity index (χ4v) is 2.34. The molecule has 7 heteroatoms. The number of nitrogens with one attached hydrogen (secondary N) is 1. The van der Waals surface area contributed by atoms with Gasteiger partial charge < -0.3 is 19.3 Å². The van der Waals surface area contributed by atoms with Gasteiger partial charge in [-0.2, -0.15) is 0 Å². The van der Waals surface area contributed by atoms with E-state index in [4.69, 9.17) is 14.0 Å². The zero-order valence-electron chi connectivity index (χ0n) is 15.5. The summed E-state index contributed by atoms with van der Waals surface area (Å²) in [6.45, 7) is 7.93. The predicted molar refractivity (Wildman–Crippen MR) is 94.7 cm³/mol. The zero-order valence-corrected chi connectivity index (χ0v) is 15.5. The number of aromatic nitrogens is 1. The summed E-state index contributed by atoms with van der Waals surface area (Å²) in [7, 11) is 0. The molecule has 1 aromatic heterocycles. The number of rotatable bonds is 8. The third kappa shape index (κ3) is 5.34. The lowest BCUT2D eigenvalue weighted by Crippen LogP contribution is -2.35. The molecule has 1 atom stereocenters. The quantitative estimate of drug-likeness (QED) is 0.727. The molecule has 1 amide bonds. The molecule has 0 saturated heterocycles. The van der Waals surface area contributed by atoms with Crippen LogP contribution in [0, 0.1) is 13.8 Å². The molecular formula is C19H24N2O5. The molecule has 0 aliphatic carbocycles. The molecule has 2 aromatic rings. The van der Waals surface area contributed by atoms with Crippen LogP contribution in [0.15, 0.2) is 28.8 Å². The molecule has 0 radical (unpaired) electrons. The number of hydrogen-bond donors (Lipinski definition) is 1. The second kappa shape index (κ2) is 9.03. The number of benzene rings is 1. The van der Waals surface area contributed by atoms with Crippen molar-refractivity contribution >= 4 is 11.9 Å². The summed E-state index contributed by atoms with van der Waals surface area (Å²) in [6, 6.07) is 7.16. The minimum atomic E-state index is -0.805. The molecule has 26 heavy (non-hydrogen) atoms. The fraction of sp³-hybridized carbons (Fsp3) is 0.421. The van der Waals surface area contributed by atoms with E-state index >= 15 is 0 Å². The third-order valence-corrected chi connectivity index (χ3v) is 3.86. The van der Waals surface area contributed by atoms with Crippen LogP contribution in [-0.4, -0.2) is 29.7 Å². The first-order chi connectivity index (χ1) is 12.4. The number of aryl methyl sites for hydroxylation is 2. The number of carbonyl (C=O) groups is 2. The van der Waals surface area contributed by atoms with Crippen molar-refractivity contribution in [2.24, 2.45) is 0 Å². The van der Waals surface area contributed by atoms with E-state index in [1.54, 1.807) is 31.2 Å². The first-order valence-electron chi connectivity index (χ1n) is 8.51. The molecule has 0 bridgehead atoms. The SMILES string of the molecule is CCNC(=O)[C@@H](C)OC(=O)Cc1ccc(OCc2c(C)noc2C)cc1. The summed E-state index contributed by atoms with van der Waals surface area (Å²) in [5, 5.41) is 6.50. The fourth-order valence-electron chi connectivity index (χ4n) is 2.34. The molecule has 0 unspecified atom stereocenters. The maximum Gasteiger partial charge on any atom is 0.311 e. The van der Waals surface area contributed by atoms with Crippen LogP contribution in [0.5, 0.6) is 5.75 Å². The summed E-state index contributed by atoms with van der Waals surface area (Å²) in [4.78, 5) is 23.5. The first-order valence-corrected chi connectivity index (χ1v) is 8.51. The Balaban J connectivity index is 1.85. The maximum atomic E-state index is 11.9.